The van der Waals surface area contributed by atoms with Crippen molar-refractivity contribution in [2.75, 3.05) is 0 Å². The van der Waals surface area contributed by atoms with Crippen LogP contribution in [0, 0.1) is 11.8 Å². The van der Waals surface area contributed by atoms with E-state index in [0.717, 1.165) is 24.7 Å². The third kappa shape index (κ3) is 7.00. The van der Waals surface area contributed by atoms with Crippen LogP contribution in [0.4, 0.5) is 0 Å². The molecule has 0 radical (unpaired) electrons. The number of hydrogen-bond acceptors (Lipinski definition) is 2. The second-order valence-electron chi connectivity index (χ2n) is 9.63. The molecule has 1 fully saturated rings. The number of esters is 1. The number of rotatable bonds is 10. The van der Waals surface area contributed by atoms with Crippen LogP contribution in [0.3, 0.4) is 0 Å². The number of unbranched alkanes of at least 4 members (excludes halogenated alkanes) is 3. The van der Waals surface area contributed by atoms with Gasteiger partial charge in [-0.25, -0.2) is 4.79 Å². The first-order valence-corrected chi connectivity index (χ1v) is 12.7. The first kappa shape index (κ1) is 23.1. The van der Waals surface area contributed by atoms with Crippen LogP contribution in [-0.2, 0) is 4.74 Å². The third-order valence-corrected chi connectivity index (χ3v) is 7.24. The lowest BCUT2D eigenvalue weighted by Crippen LogP contribution is -2.24. The Morgan fingerprint density at radius 1 is 0.867 bits per heavy atom. The lowest BCUT2D eigenvalue weighted by atomic mass is 9.83. The van der Waals surface area contributed by atoms with Crippen LogP contribution < -0.4 is 0 Å². The van der Waals surface area contributed by atoms with E-state index in [1.54, 1.807) is 0 Å². The summed E-state index contributed by atoms with van der Waals surface area (Å²) in [6.07, 6.45) is 20.2. The number of benzene rings is 1. The Kier molecular flexibility index (Phi) is 9.49. The Morgan fingerprint density at radius 3 is 2.27 bits per heavy atom. The minimum absolute atomic E-state index is 0.112. The maximum atomic E-state index is 12.6. The van der Waals surface area contributed by atoms with Gasteiger partial charge in [0.15, 0.2) is 0 Å². The fourth-order valence-electron chi connectivity index (χ4n) is 5.26. The molecule has 1 aromatic carbocycles. The van der Waals surface area contributed by atoms with Crippen LogP contribution in [0.25, 0.3) is 5.57 Å². The Bertz CT molecular complexity index is 664. The van der Waals surface area contributed by atoms with Gasteiger partial charge in [-0.15, -0.1) is 0 Å². The average molecular weight is 411 g/mol. The summed E-state index contributed by atoms with van der Waals surface area (Å²) in [5.74, 6) is 1.56. The molecule has 3 rings (SSSR count). The minimum Gasteiger partial charge on any atom is -0.459 e. The van der Waals surface area contributed by atoms with Crippen LogP contribution in [-0.4, -0.2) is 12.1 Å². The van der Waals surface area contributed by atoms with Gasteiger partial charge in [0.05, 0.1) is 5.56 Å². The highest BCUT2D eigenvalue weighted by Crippen LogP contribution is 2.33. The van der Waals surface area contributed by atoms with Gasteiger partial charge in [0.1, 0.15) is 6.10 Å². The molecule has 0 aromatic heterocycles. The van der Waals surface area contributed by atoms with Gasteiger partial charge >= 0.3 is 5.97 Å². The second kappa shape index (κ2) is 12.3. The summed E-state index contributed by atoms with van der Waals surface area (Å²) in [7, 11) is 0. The average Bonchev–Trinajstić information content (AvgIpc) is 2.79. The number of carbonyl (C=O) groups is 1. The van der Waals surface area contributed by atoms with E-state index in [1.807, 2.05) is 12.1 Å². The zero-order chi connectivity index (χ0) is 21.2. The molecule has 0 bridgehead atoms. The van der Waals surface area contributed by atoms with Gasteiger partial charge in [0.25, 0.3) is 0 Å². The molecule has 1 saturated carbocycles. The fraction of sp³-hybridized carbons (Fsp3) is 0.679. The summed E-state index contributed by atoms with van der Waals surface area (Å²) in [5, 5.41) is 0. The monoisotopic (exact) mass is 410 g/mol. The fourth-order valence-corrected chi connectivity index (χ4v) is 5.26. The van der Waals surface area contributed by atoms with Crippen LogP contribution in [0.15, 0.2) is 30.3 Å². The molecule has 2 heteroatoms. The molecular weight excluding hydrogens is 368 g/mol. The third-order valence-electron chi connectivity index (χ3n) is 7.24. The minimum atomic E-state index is -0.148. The summed E-state index contributed by atoms with van der Waals surface area (Å²) in [4.78, 5) is 12.6. The Hall–Kier alpha value is -1.57. The van der Waals surface area contributed by atoms with Crippen molar-refractivity contribution in [3.8, 4) is 0 Å². The van der Waals surface area contributed by atoms with Crippen LogP contribution in [0.1, 0.15) is 120 Å². The molecule has 2 aliphatic rings. The summed E-state index contributed by atoms with van der Waals surface area (Å²) < 4.78 is 5.80. The van der Waals surface area contributed by atoms with E-state index in [9.17, 15) is 4.79 Å². The normalized spacial score (nSPS) is 24.3. The highest BCUT2D eigenvalue weighted by Gasteiger charge is 2.24. The van der Waals surface area contributed by atoms with Gasteiger partial charge < -0.3 is 4.74 Å². The zero-order valence-electron chi connectivity index (χ0n) is 19.3. The van der Waals surface area contributed by atoms with E-state index in [-0.39, 0.29) is 12.1 Å². The topological polar surface area (TPSA) is 26.3 Å². The lowest BCUT2D eigenvalue weighted by Gasteiger charge is -2.28. The molecule has 30 heavy (non-hydrogen) atoms. The summed E-state index contributed by atoms with van der Waals surface area (Å²) >= 11 is 0. The molecule has 0 amide bonds. The molecule has 0 heterocycles. The summed E-state index contributed by atoms with van der Waals surface area (Å²) in [5.41, 5.74) is 3.42. The highest BCUT2D eigenvalue weighted by molar-refractivity contribution is 5.90. The second-order valence-corrected chi connectivity index (χ2v) is 9.63. The maximum Gasteiger partial charge on any atom is 0.338 e. The summed E-state index contributed by atoms with van der Waals surface area (Å²) in [6, 6.07) is 8.14. The first-order chi connectivity index (χ1) is 14.7. The lowest BCUT2D eigenvalue weighted by molar-refractivity contribution is 0.0161. The van der Waals surface area contributed by atoms with Crippen molar-refractivity contribution in [2.24, 2.45) is 11.8 Å². The van der Waals surface area contributed by atoms with Gasteiger partial charge in [0, 0.05) is 0 Å². The van der Waals surface area contributed by atoms with Gasteiger partial charge in [-0.1, -0.05) is 77.0 Å². The number of ether oxygens (including phenoxy) is 1. The molecule has 166 valence electrons. The van der Waals surface area contributed by atoms with Crippen molar-refractivity contribution in [3.63, 3.8) is 0 Å². The molecule has 0 saturated heterocycles. The van der Waals surface area contributed by atoms with E-state index in [1.165, 1.54) is 88.2 Å². The van der Waals surface area contributed by atoms with Gasteiger partial charge in [-0.05, 0) is 80.1 Å². The molecule has 2 aliphatic carbocycles. The molecule has 0 spiro atoms. The molecule has 1 atom stereocenters. The molecule has 0 aliphatic heterocycles. The molecular formula is C28H42O2. The number of carbonyl (C=O) groups excluding carboxylic acids is 1. The van der Waals surface area contributed by atoms with E-state index in [0.29, 0.717) is 5.56 Å². The number of hydrogen-bond donors (Lipinski definition) is 0. The molecule has 0 N–H and O–H groups in total. The molecule has 1 unspecified atom stereocenters. The van der Waals surface area contributed by atoms with E-state index in [2.05, 4.69) is 32.1 Å². The Morgan fingerprint density at radius 2 is 1.63 bits per heavy atom. The van der Waals surface area contributed by atoms with Crippen LogP contribution in [0.2, 0.25) is 0 Å². The van der Waals surface area contributed by atoms with Crippen molar-refractivity contribution >= 4 is 11.5 Å². The Labute approximate surface area is 184 Å². The van der Waals surface area contributed by atoms with Crippen LogP contribution in [0.5, 0.6) is 0 Å². The quantitative estimate of drug-likeness (QED) is 0.286. The van der Waals surface area contributed by atoms with Crippen molar-refractivity contribution in [1.29, 1.82) is 0 Å². The SMILES string of the molecule is CCCCCCC1CC=C(c2ccc(C(=O)OC3CCC(CCC)CC3)cc2)CC1. The molecule has 1 aromatic rings. The largest absolute Gasteiger partial charge is 0.459 e. The van der Waals surface area contributed by atoms with Crippen molar-refractivity contribution in [1.82, 2.24) is 0 Å². The predicted molar refractivity (Wildman–Crippen MR) is 127 cm³/mol. The van der Waals surface area contributed by atoms with E-state index < -0.39 is 0 Å². The zero-order valence-corrected chi connectivity index (χ0v) is 19.3. The van der Waals surface area contributed by atoms with Crippen molar-refractivity contribution in [3.05, 3.63) is 41.5 Å². The van der Waals surface area contributed by atoms with Gasteiger partial charge in [-0.2, -0.15) is 0 Å². The van der Waals surface area contributed by atoms with Crippen molar-refractivity contribution < 1.29 is 9.53 Å². The van der Waals surface area contributed by atoms with Crippen molar-refractivity contribution in [2.45, 2.75) is 110 Å². The smallest absolute Gasteiger partial charge is 0.338 e. The van der Waals surface area contributed by atoms with Crippen LogP contribution >= 0.6 is 0 Å². The van der Waals surface area contributed by atoms with Gasteiger partial charge in [-0.3, -0.25) is 0 Å². The highest BCUT2D eigenvalue weighted by atomic mass is 16.5. The summed E-state index contributed by atoms with van der Waals surface area (Å²) in [6.45, 7) is 4.53. The predicted octanol–water partition coefficient (Wildman–Crippen LogP) is 8.36. The standard InChI is InChI=1S/C28H42O2/c1-3-5-6-7-9-23-10-14-24(15-11-23)25-16-18-26(19-17-25)28(29)30-27-20-12-22(8-4-2)13-21-27/h14,16-19,22-23,27H,3-13,15,20-21H2,1-2H3. The van der Waals surface area contributed by atoms with Gasteiger partial charge in [0.2, 0.25) is 0 Å². The Balaban J connectivity index is 1.44. The van der Waals surface area contributed by atoms with E-state index >= 15 is 0 Å². The van der Waals surface area contributed by atoms with E-state index in [4.69, 9.17) is 4.74 Å². The molecule has 2 nitrogen and oxygen atoms in total. The maximum absolute atomic E-state index is 12.6. The first-order valence-electron chi connectivity index (χ1n) is 12.7. The number of allylic oxidation sites excluding steroid dienone is 2.